The molecular weight excluding hydrogens is 310 g/mol. The summed E-state index contributed by atoms with van der Waals surface area (Å²) < 4.78 is 4.24. The number of hydrogen-bond donors (Lipinski definition) is 0. The zero-order valence-electron chi connectivity index (χ0n) is 14.2. The summed E-state index contributed by atoms with van der Waals surface area (Å²) in [4.78, 5) is 4.82. The molecule has 4 rings (SSSR count). The second-order valence-electron chi connectivity index (χ2n) is 6.19. The van der Waals surface area contributed by atoms with Crippen LogP contribution in [-0.2, 0) is 13.1 Å². The van der Waals surface area contributed by atoms with Gasteiger partial charge in [0.2, 0.25) is 0 Å². The topological polar surface area (TPSA) is 59.4 Å². The van der Waals surface area contributed by atoms with Crippen molar-refractivity contribution in [1.82, 2.24) is 19.3 Å². The smallest absolute Gasteiger partial charge is 0.131 e. The molecule has 0 saturated carbocycles. The van der Waals surface area contributed by atoms with Gasteiger partial charge < -0.3 is 4.57 Å². The summed E-state index contributed by atoms with van der Waals surface area (Å²) in [6.07, 6.45) is 1.37. The number of unbranched alkanes of at least 4 members (excludes halogenated alkanes) is 1. The average Bonchev–Trinajstić information content (AvgIpc) is 3.14. The first kappa shape index (κ1) is 15.4. The van der Waals surface area contributed by atoms with Gasteiger partial charge in [-0.2, -0.15) is 10.4 Å². The van der Waals surface area contributed by atoms with Gasteiger partial charge in [-0.1, -0.05) is 30.3 Å². The highest BCUT2D eigenvalue weighted by Crippen LogP contribution is 2.21. The van der Waals surface area contributed by atoms with Gasteiger partial charge in [0, 0.05) is 18.4 Å². The lowest BCUT2D eigenvalue weighted by Crippen LogP contribution is -2.10. The van der Waals surface area contributed by atoms with Crippen LogP contribution >= 0.6 is 0 Å². The first-order chi connectivity index (χ1) is 12.3. The molecular formula is C20H19N5. The minimum atomic E-state index is 0.551. The Kier molecular flexibility index (Phi) is 3.95. The molecule has 4 aromatic rings. The number of nitrogens with zero attached hydrogens (tertiary/aromatic N) is 5. The molecule has 5 heteroatoms. The molecule has 0 aliphatic rings. The Morgan fingerprint density at radius 2 is 1.80 bits per heavy atom. The summed E-state index contributed by atoms with van der Waals surface area (Å²) >= 11 is 0. The van der Waals surface area contributed by atoms with Crippen molar-refractivity contribution in [3.63, 3.8) is 0 Å². The van der Waals surface area contributed by atoms with E-state index in [9.17, 15) is 0 Å². The maximum absolute atomic E-state index is 8.84. The maximum Gasteiger partial charge on any atom is 0.131 e. The Balaban J connectivity index is 1.77. The van der Waals surface area contributed by atoms with Gasteiger partial charge >= 0.3 is 0 Å². The second-order valence-corrected chi connectivity index (χ2v) is 6.19. The summed E-state index contributed by atoms with van der Waals surface area (Å²) in [7, 11) is 0. The van der Waals surface area contributed by atoms with Crippen molar-refractivity contribution < 1.29 is 0 Å². The van der Waals surface area contributed by atoms with E-state index in [1.807, 2.05) is 41.9 Å². The monoisotopic (exact) mass is 329 g/mol. The van der Waals surface area contributed by atoms with Crippen LogP contribution in [0.15, 0.2) is 48.5 Å². The molecule has 5 nitrogen and oxygen atoms in total. The number of imidazole rings is 1. The molecule has 2 aromatic carbocycles. The van der Waals surface area contributed by atoms with Crippen molar-refractivity contribution >= 4 is 21.9 Å². The standard InChI is InChI=1S/C20H19N5/c1-15-16-8-2-4-10-18(16)25(23-15)14-20-22-17-9-3-5-11-19(17)24(20)13-7-6-12-21/h2-5,8-11H,6-7,13-14H2,1H3. The second kappa shape index (κ2) is 6.40. The van der Waals surface area contributed by atoms with Crippen molar-refractivity contribution in [2.75, 3.05) is 0 Å². The van der Waals surface area contributed by atoms with Gasteiger partial charge in [0.05, 0.1) is 34.9 Å². The quantitative estimate of drug-likeness (QED) is 0.519. The summed E-state index contributed by atoms with van der Waals surface area (Å²) in [5.41, 5.74) is 4.25. The molecule has 0 fully saturated rings. The molecule has 0 amide bonds. The molecule has 0 unspecified atom stereocenters. The third-order valence-corrected chi connectivity index (χ3v) is 4.54. The van der Waals surface area contributed by atoms with E-state index in [-0.39, 0.29) is 0 Å². The molecule has 124 valence electrons. The van der Waals surface area contributed by atoms with Gasteiger partial charge in [-0.25, -0.2) is 4.98 Å². The van der Waals surface area contributed by atoms with Gasteiger partial charge in [0.15, 0.2) is 0 Å². The summed E-state index contributed by atoms with van der Waals surface area (Å²) in [5, 5.41) is 14.7. The third-order valence-electron chi connectivity index (χ3n) is 4.54. The van der Waals surface area contributed by atoms with E-state index >= 15 is 0 Å². The van der Waals surface area contributed by atoms with Crippen molar-refractivity contribution in [3.8, 4) is 6.07 Å². The number of rotatable bonds is 5. The number of nitriles is 1. The molecule has 0 atom stereocenters. The zero-order chi connectivity index (χ0) is 17.2. The van der Waals surface area contributed by atoms with Crippen molar-refractivity contribution in [3.05, 3.63) is 60.0 Å². The Morgan fingerprint density at radius 3 is 2.64 bits per heavy atom. The molecule has 2 aromatic heterocycles. The fourth-order valence-corrected chi connectivity index (χ4v) is 3.36. The van der Waals surface area contributed by atoms with E-state index in [0.717, 1.165) is 41.0 Å². The summed E-state index contributed by atoms with van der Waals surface area (Å²) in [5.74, 6) is 0.979. The molecule has 25 heavy (non-hydrogen) atoms. The minimum absolute atomic E-state index is 0.551. The van der Waals surface area contributed by atoms with Crippen LogP contribution in [0.1, 0.15) is 24.4 Å². The predicted octanol–water partition coefficient (Wildman–Crippen LogP) is 4.05. The van der Waals surface area contributed by atoms with E-state index in [0.29, 0.717) is 13.0 Å². The van der Waals surface area contributed by atoms with E-state index in [4.69, 9.17) is 15.3 Å². The molecule has 0 radical (unpaired) electrons. The van der Waals surface area contributed by atoms with E-state index < -0.39 is 0 Å². The van der Waals surface area contributed by atoms with Crippen LogP contribution in [0, 0.1) is 18.3 Å². The third kappa shape index (κ3) is 2.76. The summed E-state index contributed by atoms with van der Waals surface area (Å²) in [6.45, 7) is 3.45. The van der Waals surface area contributed by atoms with Crippen LogP contribution in [0.2, 0.25) is 0 Å². The van der Waals surface area contributed by atoms with Crippen LogP contribution in [0.4, 0.5) is 0 Å². The van der Waals surface area contributed by atoms with Gasteiger partial charge in [0.25, 0.3) is 0 Å². The number of hydrogen-bond acceptors (Lipinski definition) is 3. The van der Waals surface area contributed by atoms with E-state index in [2.05, 4.69) is 28.8 Å². The fourth-order valence-electron chi connectivity index (χ4n) is 3.36. The summed E-state index contributed by atoms with van der Waals surface area (Å²) in [6, 6.07) is 18.7. The predicted molar refractivity (Wildman–Crippen MR) is 98.2 cm³/mol. The number of para-hydroxylation sites is 3. The highest BCUT2D eigenvalue weighted by Gasteiger charge is 2.13. The number of aromatic nitrogens is 4. The largest absolute Gasteiger partial charge is 0.326 e. The Labute approximate surface area is 146 Å². The SMILES string of the molecule is Cc1nn(Cc2nc3ccccc3n2CCCC#N)c2ccccc12. The highest BCUT2D eigenvalue weighted by atomic mass is 15.3. The lowest BCUT2D eigenvalue weighted by molar-refractivity contribution is 0.591. The zero-order valence-corrected chi connectivity index (χ0v) is 14.2. The van der Waals surface area contributed by atoms with Crippen molar-refractivity contribution in [2.45, 2.75) is 32.9 Å². The van der Waals surface area contributed by atoms with Crippen LogP contribution < -0.4 is 0 Å². The number of fused-ring (bicyclic) bond motifs is 2. The molecule has 0 spiro atoms. The fraction of sp³-hybridized carbons (Fsp3) is 0.250. The number of benzene rings is 2. The Morgan fingerprint density at radius 1 is 1.04 bits per heavy atom. The van der Waals surface area contributed by atoms with Crippen LogP contribution in [-0.4, -0.2) is 19.3 Å². The lowest BCUT2D eigenvalue weighted by atomic mass is 10.2. The van der Waals surface area contributed by atoms with Crippen molar-refractivity contribution in [2.24, 2.45) is 0 Å². The van der Waals surface area contributed by atoms with Crippen molar-refractivity contribution in [1.29, 1.82) is 5.26 Å². The maximum atomic E-state index is 8.84. The lowest BCUT2D eigenvalue weighted by Gasteiger charge is -2.09. The van der Waals surface area contributed by atoms with Crippen LogP contribution in [0.5, 0.6) is 0 Å². The van der Waals surface area contributed by atoms with Gasteiger partial charge in [-0.05, 0) is 31.5 Å². The van der Waals surface area contributed by atoms with Crippen LogP contribution in [0.3, 0.4) is 0 Å². The van der Waals surface area contributed by atoms with E-state index in [1.165, 1.54) is 5.39 Å². The molecule has 0 aliphatic carbocycles. The van der Waals surface area contributed by atoms with Gasteiger partial charge in [-0.15, -0.1) is 0 Å². The van der Waals surface area contributed by atoms with E-state index in [1.54, 1.807) is 0 Å². The molecule has 2 heterocycles. The Bertz CT molecular complexity index is 1080. The molecule has 0 aliphatic heterocycles. The minimum Gasteiger partial charge on any atom is -0.326 e. The molecule has 0 bridgehead atoms. The van der Waals surface area contributed by atoms with Crippen LogP contribution in [0.25, 0.3) is 21.9 Å². The average molecular weight is 329 g/mol. The number of aryl methyl sites for hydroxylation is 2. The first-order valence-corrected chi connectivity index (χ1v) is 8.51. The van der Waals surface area contributed by atoms with Gasteiger partial charge in [0.1, 0.15) is 5.82 Å². The van der Waals surface area contributed by atoms with Gasteiger partial charge in [-0.3, -0.25) is 4.68 Å². The normalized spacial score (nSPS) is 11.2. The molecule has 0 saturated heterocycles. The molecule has 0 N–H and O–H groups in total. The first-order valence-electron chi connectivity index (χ1n) is 8.51. The Hall–Kier alpha value is -3.13. The highest BCUT2D eigenvalue weighted by molar-refractivity contribution is 5.82.